The highest BCUT2D eigenvalue weighted by Crippen LogP contribution is 2.12. The van der Waals surface area contributed by atoms with Crippen molar-refractivity contribution in [1.29, 1.82) is 0 Å². The van der Waals surface area contributed by atoms with Crippen molar-refractivity contribution in [2.45, 2.75) is 6.61 Å². The molecule has 0 aliphatic rings. The maximum atomic E-state index is 12.6. The van der Waals surface area contributed by atoms with Crippen molar-refractivity contribution in [2.24, 2.45) is 5.73 Å². The molecule has 1 aromatic heterocycles. The van der Waals surface area contributed by atoms with Gasteiger partial charge in [0, 0.05) is 5.56 Å². The van der Waals surface area contributed by atoms with Crippen LogP contribution in [0.1, 0.15) is 15.9 Å². The fourth-order valence-corrected chi connectivity index (χ4v) is 1.43. The molecule has 0 spiro atoms. The van der Waals surface area contributed by atoms with Gasteiger partial charge in [-0.25, -0.2) is 4.98 Å². The largest absolute Gasteiger partial charge is 0.487 e. The quantitative estimate of drug-likeness (QED) is 0.838. The van der Waals surface area contributed by atoms with E-state index in [1.807, 2.05) is 6.07 Å². The van der Waals surface area contributed by atoms with Gasteiger partial charge >= 0.3 is 0 Å². The third-order valence-electron chi connectivity index (χ3n) is 2.32. The third kappa shape index (κ3) is 3.04. The highest BCUT2D eigenvalue weighted by Gasteiger charge is 2.02. The molecule has 2 rings (SSSR count). The molecule has 0 radical (unpaired) electrons. The molecule has 2 N–H and O–H groups in total. The zero-order valence-corrected chi connectivity index (χ0v) is 9.47. The molecule has 1 aromatic carbocycles. The van der Waals surface area contributed by atoms with Gasteiger partial charge in [0.25, 0.3) is 0 Å². The van der Waals surface area contributed by atoms with Crippen LogP contribution in [-0.2, 0) is 6.61 Å². The highest BCUT2D eigenvalue weighted by atomic mass is 19.1. The molecule has 92 valence electrons. The number of hydrogen-bond donors (Lipinski definition) is 1. The van der Waals surface area contributed by atoms with Gasteiger partial charge in [-0.3, -0.25) is 4.79 Å². The van der Waals surface area contributed by atoms with Crippen molar-refractivity contribution in [1.82, 2.24) is 4.98 Å². The lowest BCUT2D eigenvalue weighted by Gasteiger charge is -2.06. The summed E-state index contributed by atoms with van der Waals surface area (Å²) in [4.78, 5) is 14.5. The van der Waals surface area contributed by atoms with Crippen LogP contribution in [0.15, 0.2) is 42.6 Å². The van der Waals surface area contributed by atoms with Gasteiger partial charge in [0.05, 0.1) is 6.20 Å². The van der Waals surface area contributed by atoms with Crippen LogP contribution in [0.2, 0.25) is 0 Å². The van der Waals surface area contributed by atoms with Crippen LogP contribution in [0.3, 0.4) is 0 Å². The second-order valence-electron chi connectivity index (χ2n) is 3.67. The first-order valence-corrected chi connectivity index (χ1v) is 5.28. The van der Waals surface area contributed by atoms with Gasteiger partial charge in [-0.15, -0.1) is 0 Å². The summed E-state index contributed by atoms with van der Waals surface area (Å²) in [7, 11) is 0. The second kappa shape index (κ2) is 5.27. The maximum absolute atomic E-state index is 12.6. The monoisotopic (exact) mass is 246 g/mol. The number of nitrogens with zero attached hydrogens (tertiary/aromatic N) is 1. The summed E-state index contributed by atoms with van der Waals surface area (Å²) in [6.45, 7) is 0.258. The number of pyridine rings is 1. The van der Waals surface area contributed by atoms with Crippen molar-refractivity contribution in [2.75, 3.05) is 0 Å². The molecule has 0 bridgehead atoms. The Balaban J connectivity index is 2.04. The first-order valence-electron chi connectivity index (χ1n) is 5.28. The van der Waals surface area contributed by atoms with Gasteiger partial charge in [-0.2, -0.15) is 4.39 Å². The molecule has 18 heavy (non-hydrogen) atoms. The van der Waals surface area contributed by atoms with Gasteiger partial charge < -0.3 is 10.5 Å². The van der Waals surface area contributed by atoms with Crippen LogP contribution >= 0.6 is 0 Å². The number of hydrogen-bond acceptors (Lipinski definition) is 3. The summed E-state index contributed by atoms with van der Waals surface area (Å²) in [5.74, 6) is -0.584. The van der Waals surface area contributed by atoms with Gasteiger partial charge in [0.1, 0.15) is 12.4 Å². The van der Waals surface area contributed by atoms with Crippen molar-refractivity contribution in [3.63, 3.8) is 0 Å². The molecule has 1 heterocycles. The lowest BCUT2D eigenvalue weighted by atomic mass is 10.1. The Morgan fingerprint density at radius 3 is 2.83 bits per heavy atom. The second-order valence-corrected chi connectivity index (χ2v) is 3.67. The molecule has 1 amide bonds. The number of nitrogens with two attached hydrogens (primary N) is 1. The van der Waals surface area contributed by atoms with E-state index in [-0.39, 0.29) is 6.61 Å². The van der Waals surface area contributed by atoms with Gasteiger partial charge in [0.2, 0.25) is 11.9 Å². The Bertz CT molecular complexity index is 555. The zero-order valence-electron chi connectivity index (χ0n) is 9.47. The van der Waals surface area contributed by atoms with Crippen LogP contribution < -0.4 is 10.5 Å². The van der Waals surface area contributed by atoms with Crippen molar-refractivity contribution in [3.05, 3.63) is 59.7 Å². The fourth-order valence-electron chi connectivity index (χ4n) is 1.43. The Morgan fingerprint density at radius 2 is 2.17 bits per heavy atom. The number of rotatable bonds is 4. The number of ether oxygens (including phenoxy) is 1. The molecule has 0 saturated heterocycles. The molecule has 0 atom stereocenters. The van der Waals surface area contributed by atoms with Crippen LogP contribution in [0.5, 0.6) is 5.75 Å². The molecule has 0 saturated carbocycles. The first kappa shape index (κ1) is 12.0. The standard InChI is InChI=1S/C13H11FN2O2/c14-12-5-4-11(7-16-12)18-8-9-2-1-3-10(6-9)13(15)17/h1-7H,8H2,(H2,15,17). The van der Waals surface area contributed by atoms with E-state index in [2.05, 4.69) is 4.98 Å². The Hall–Kier alpha value is -2.43. The zero-order chi connectivity index (χ0) is 13.0. The Labute approximate surface area is 103 Å². The molecule has 4 nitrogen and oxygen atoms in total. The van der Waals surface area contributed by atoms with Crippen LogP contribution in [-0.4, -0.2) is 10.9 Å². The Kier molecular flexibility index (Phi) is 3.52. The number of amides is 1. The van der Waals surface area contributed by atoms with Gasteiger partial charge in [-0.1, -0.05) is 12.1 Å². The molecular formula is C13H11FN2O2. The molecule has 2 aromatic rings. The number of carbonyl (C=O) groups is 1. The van der Waals surface area contributed by atoms with E-state index < -0.39 is 11.9 Å². The summed E-state index contributed by atoms with van der Waals surface area (Å²) >= 11 is 0. The minimum absolute atomic E-state index is 0.258. The van der Waals surface area contributed by atoms with E-state index in [4.69, 9.17) is 10.5 Å². The highest BCUT2D eigenvalue weighted by molar-refractivity contribution is 5.92. The summed E-state index contributed by atoms with van der Waals surface area (Å²) in [5.41, 5.74) is 6.40. The minimum atomic E-state index is -0.557. The average molecular weight is 246 g/mol. The first-order chi connectivity index (χ1) is 8.65. The van der Waals surface area contributed by atoms with Crippen molar-refractivity contribution < 1.29 is 13.9 Å². The third-order valence-corrected chi connectivity index (χ3v) is 2.32. The predicted molar refractivity (Wildman–Crippen MR) is 63.5 cm³/mol. The van der Waals surface area contributed by atoms with Crippen LogP contribution in [0, 0.1) is 5.95 Å². The summed E-state index contributed by atoms with van der Waals surface area (Å²) < 4.78 is 18.0. The topological polar surface area (TPSA) is 65.2 Å². The van der Waals surface area contributed by atoms with Crippen LogP contribution in [0.25, 0.3) is 0 Å². The van der Waals surface area contributed by atoms with E-state index >= 15 is 0 Å². The van der Waals surface area contributed by atoms with Crippen molar-refractivity contribution in [3.8, 4) is 5.75 Å². The molecular weight excluding hydrogens is 235 g/mol. The lowest BCUT2D eigenvalue weighted by molar-refractivity contribution is 0.1000. The number of halogens is 1. The molecule has 5 heteroatoms. The van der Waals surface area contributed by atoms with E-state index in [9.17, 15) is 9.18 Å². The maximum Gasteiger partial charge on any atom is 0.248 e. The predicted octanol–water partition coefficient (Wildman–Crippen LogP) is 1.90. The van der Waals surface area contributed by atoms with Gasteiger partial charge in [-0.05, 0) is 29.8 Å². The molecule has 0 fully saturated rings. The van der Waals surface area contributed by atoms with Crippen LogP contribution in [0.4, 0.5) is 4.39 Å². The summed E-state index contributed by atoms with van der Waals surface area (Å²) in [5, 5.41) is 0. The fraction of sp³-hybridized carbons (Fsp3) is 0.0769. The smallest absolute Gasteiger partial charge is 0.248 e. The Morgan fingerprint density at radius 1 is 1.33 bits per heavy atom. The van der Waals surface area contributed by atoms with Crippen molar-refractivity contribution >= 4 is 5.91 Å². The number of primary amides is 1. The summed E-state index contributed by atoms with van der Waals surface area (Å²) in [6, 6.07) is 9.52. The molecule has 0 unspecified atom stereocenters. The number of carbonyl (C=O) groups excluding carboxylic acids is 1. The number of aromatic nitrogens is 1. The average Bonchev–Trinajstić information content (AvgIpc) is 2.38. The van der Waals surface area contributed by atoms with E-state index in [0.29, 0.717) is 11.3 Å². The lowest BCUT2D eigenvalue weighted by Crippen LogP contribution is -2.11. The number of benzene rings is 1. The summed E-state index contributed by atoms with van der Waals surface area (Å²) in [6.07, 6.45) is 1.30. The van der Waals surface area contributed by atoms with E-state index in [1.54, 1.807) is 18.2 Å². The van der Waals surface area contributed by atoms with E-state index in [1.165, 1.54) is 18.3 Å². The van der Waals surface area contributed by atoms with Gasteiger partial charge in [0.15, 0.2) is 0 Å². The normalized spacial score (nSPS) is 10.1. The van der Waals surface area contributed by atoms with E-state index in [0.717, 1.165) is 5.56 Å². The molecule has 0 aliphatic heterocycles. The minimum Gasteiger partial charge on any atom is -0.487 e. The molecule has 0 aliphatic carbocycles. The SMILES string of the molecule is NC(=O)c1cccc(COc2ccc(F)nc2)c1.